The zero-order chi connectivity index (χ0) is 31.3. The van der Waals surface area contributed by atoms with Crippen LogP contribution in [0.2, 0.25) is 0 Å². The molecule has 0 spiro atoms. The van der Waals surface area contributed by atoms with Gasteiger partial charge in [-0.25, -0.2) is 19.7 Å². The summed E-state index contributed by atoms with van der Waals surface area (Å²) in [6, 6.07) is 9.42. The van der Waals surface area contributed by atoms with E-state index in [9.17, 15) is 19.2 Å². The topological polar surface area (TPSA) is 184 Å². The quantitative estimate of drug-likeness (QED) is 0.260. The van der Waals surface area contributed by atoms with Gasteiger partial charge in [0.1, 0.15) is 29.3 Å². The van der Waals surface area contributed by atoms with Crippen LogP contribution in [0.5, 0.6) is 0 Å². The van der Waals surface area contributed by atoms with Crippen molar-refractivity contribution in [1.29, 1.82) is 0 Å². The molecule has 1 aromatic carbocycles. The SMILES string of the molecule is COC(=O)Nc1c(C)nc(-c2ccccc2)n(CC(=O)NC(C(=O)c2nnc(C(C)(C)c3ncccn3)o2)C(C)C)c1=O. The summed E-state index contributed by atoms with van der Waals surface area (Å²) >= 11 is 0. The number of benzene rings is 1. The molecule has 14 heteroatoms. The van der Waals surface area contributed by atoms with Crippen molar-refractivity contribution < 1.29 is 23.5 Å². The van der Waals surface area contributed by atoms with E-state index in [1.807, 2.05) is 0 Å². The van der Waals surface area contributed by atoms with Crippen LogP contribution in [-0.2, 0) is 21.5 Å². The van der Waals surface area contributed by atoms with Crippen molar-refractivity contribution >= 4 is 23.5 Å². The third kappa shape index (κ3) is 6.63. The van der Waals surface area contributed by atoms with Crippen molar-refractivity contribution in [2.45, 2.75) is 52.6 Å². The van der Waals surface area contributed by atoms with Gasteiger partial charge in [-0.05, 0) is 32.8 Å². The zero-order valence-corrected chi connectivity index (χ0v) is 24.6. The Bertz CT molecular complexity index is 1680. The minimum Gasteiger partial charge on any atom is -0.453 e. The number of aromatic nitrogens is 6. The van der Waals surface area contributed by atoms with Crippen LogP contribution >= 0.6 is 0 Å². The van der Waals surface area contributed by atoms with Crippen molar-refractivity contribution in [3.8, 4) is 11.4 Å². The maximum Gasteiger partial charge on any atom is 0.411 e. The van der Waals surface area contributed by atoms with Crippen LogP contribution in [0.3, 0.4) is 0 Å². The summed E-state index contributed by atoms with van der Waals surface area (Å²) in [6.45, 7) is 8.11. The Morgan fingerprint density at radius 2 is 1.72 bits per heavy atom. The smallest absolute Gasteiger partial charge is 0.411 e. The van der Waals surface area contributed by atoms with Gasteiger partial charge in [-0.15, -0.1) is 10.2 Å². The highest BCUT2D eigenvalue weighted by Crippen LogP contribution is 2.28. The molecule has 1 atom stereocenters. The van der Waals surface area contributed by atoms with Gasteiger partial charge in [-0.3, -0.25) is 24.3 Å². The largest absolute Gasteiger partial charge is 0.453 e. The van der Waals surface area contributed by atoms with E-state index in [-0.39, 0.29) is 34.9 Å². The lowest BCUT2D eigenvalue weighted by Gasteiger charge is -2.21. The number of aryl methyl sites for hydroxylation is 1. The molecule has 0 aliphatic heterocycles. The second-order valence-corrected chi connectivity index (χ2v) is 10.5. The maximum atomic E-state index is 13.5. The molecular weight excluding hydrogens is 556 g/mol. The Balaban J connectivity index is 1.62. The van der Waals surface area contributed by atoms with Gasteiger partial charge in [0.25, 0.3) is 11.4 Å². The number of nitrogens with one attached hydrogen (secondary N) is 2. The number of ether oxygens (including phenoxy) is 1. The van der Waals surface area contributed by atoms with Gasteiger partial charge in [-0.2, -0.15) is 0 Å². The summed E-state index contributed by atoms with van der Waals surface area (Å²) in [6.07, 6.45) is 2.31. The first-order valence-electron chi connectivity index (χ1n) is 13.4. The van der Waals surface area contributed by atoms with E-state index in [2.05, 4.69) is 40.5 Å². The van der Waals surface area contributed by atoms with Crippen LogP contribution in [0.15, 0.2) is 58.0 Å². The molecule has 0 fully saturated rings. The zero-order valence-electron chi connectivity index (χ0n) is 24.6. The van der Waals surface area contributed by atoms with E-state index in [0.29, 0.717) is 11.4 Å². The summed E-state index contributed by atoms with van der Waals surface area (Å²) in [5.74, 6) is -1.16. The number of hydrogen-bond donors (Lipinski definition) is 2. The lowest BCUT2D eigenvalue weighted by atomic mass is 9.92. The minimum absolute atomic E-state index is 0.131. The number of hydrogen-bond acceptors (Lipinski definition) is 11. The van der Waals surface area contributed by atoms with Crippen LogP contribution in [-0.4, -0.2) is 60.7 Å². The van der Waals surface area contributed by atoms with E-state index in [0.717, 1.165) is 11.7 Å². The molecule has 3 aromatic heterocycles. The summed E-state index contributed by atoms with van der Waals surface area (Å²) in [4.78, 5) is 65.3. The number of methoxy groups -OCH3 is 1. The number of ketones is 1. The number of rotatable bonds is 10. The average Bonchev–Trinajstić information content (AvgIpc) is 3.51. The fraction of sp³-hybridized carbons (Fsp3) is 0.345. The molecule has 0 aliphatic rings. The predicted octanol–water partition coefficient (Wildman–Crippen LogP) is 2.92. The van der Waals surface area contributed by atoms with E-state index in [4.69, 9.17) is 4.42 Å². The molecule has 2 N–H and O–H groups in total. The van der Waals surface area contributed by atoms with E-state index >= 15 is 0 Å². The number of carbonyl (C=O) groups excluding carboxylic acids is 3. The molecule has 4 aromatic rings. The van der Waals surface area contributed by atoms with Crippen molar-refractivity contribution in [3.63, 3.8) is 0 Å². The van der Waals surface area contributed by atoms with Gasteiger partial charge in [0, 0.05) is 18.0 Å². The third-order valence-corrected chi connectivity index (χ3v) is 6.66. The van der Waals surface area contributed by atoms with Gasteiger partial charge in [0.2, 0.25) is 17.6 Å². The average molecular weight is 589 g/mol. The Kier molecular flexibility index (Phi) is 9.07. The first-order chi connectivity index (χ1) is 20.4. The predicted molar refractivity (Wildman–Crippen MR) is 154 cm³/mol. The second-order valence-electron chi connectivity index (χ2n) is 10.5. The summed E-state index contributed by atoms with van der Waals surface area (Å²) < 4.78 is 11.5. The molecule has 43 heavy (non-hydrogen) atoms. The van der Waals surface area contributed by atoms with Gasteiger partial charge in [0.15, 0.2) is 0 Å². The van der Waals surface area contributed by atoms with Gasteiger partial charge < -0.3 is 14.5 Å². The molecular formula is C29H32N8O6. The molecule has 3 heterocycles. The van der Waals surface area contributed by atoms with Gasteiger partial charge in [-0.1, -0.05) is 44.2 Å². The van der Waals surface area contributed by atoms with Crippen LogP contribution < -0.4 is 16.2 Å². The van der Waals surface area contributed by atoms with Crippen molar-refractivity contribution in [3.05, 3.63) is 82.4 Å². The van der Waals surface area contributed by atoms with Gasteiger partial charge in [0.05, 0.1) is 18.8 Å². The maximum absolute atomic E-state index is 13.5. The molecule has 0 saturated heterocycles. The fourth-order valence-corrected chi connectivity index (χ4v) is 4.24. The Hall–Kier alpha value is -5.27. The number of anilines is 1. The van der Waals surface area contributed by atoms with Crippen molar-refractivity contribution in [2.75, 3.05) is 12.4 Å². The number of Topliss-reactive ketones (excluding diaryl/α,β-unsaturated/α-hetero) is 1. The Labute approximate surface area is 246 Å². The second kappa shape index (κ2) is 12.7. The molecule has 14 nitrogen and oxygen atoms in total. The highest BCUT2D eigenvalue weighted by atomic mass is 16.5. The molecule has 0 aliphatic carbocycles. The first-order valence-corrected chi connectivity index (χ1v) is 13.4. The Morgan fingerprint density at radius 3 is 2.35 bits per heavy atom. The highest BCUT2D eigenvalue weighted by molar-refractivity contribution is 5.98. The van der Waals surface area contributed by atoms with Gasteiger partial charge >= 0.3 is 6.09 Å². The number of amides is 2. The van der Waals surface area contributed by atoms with E-state index in [1.54, 1.807) is 83.4 Å². The lowest BCUT2D eigenvalue weighted by molar-refractivity contribution is -0.122. The first kappa shape index (κ1) is 30.7. The molecule has 224 valence electrons. The summed E-state index contributed by atoms with van der Waals surface area (Å²) in [5, 5.41) is 13.0. The van der Waals surface area contributed by atoms with E-state index < -0.39 is 41.3 Å². The lowest BCUT2D eigenvalue weighted by Crippen LogP contribution is -2.47. The van der Waals surface area contributed by atoms with Crippen LogP contribution in [0.4, 0.5) is 10.5 Å². The normalized spacial score (nSPS) is 12.1. The number of nitrogens with zero attached hydrogens (tertiary/aromatic N) is 6. The molecule has 4 rings (SSSR count). The molecule has 0 saturated carbocycles. The van der Waals surface area contributed by atoms with Crippen LogP contribution in [0.25, 0.3) is 11.4 Å². The van der Waals surface area contributed by atoms with Crippen molar-refractivity contribution in [1.82, 2.24) is 35.0 Å². The third-order valence-electron chi connectivity index (χ3n) is 6.66. The number of carbonyl (C=O) groups is 3. The summed E-state index contributed by atoms with van der Waals surface area (Å²) in [7, 11) is 1.16. The van der Waals surface area contributed by atoms with Crippen LogP contribution in [0, 0.1) is 12.8 Å². The standard InChI is InChI=1S/C29H32N8O6/c1-16(2)20(22(39)24-35-36-27(43-24)29(4,5)26-30-13-10-14-31-26)33-19(38)15-37-23(18-11-8-7-9-12-18)32-17(3)21(25(37)40)34-28(41)42-6/h7-14,16,20H,15H2,1-6H3,(H,33,38)(H,34,41). The fourth-order valence-electron chi connectivity index (χ4n) is 4.24. The van der Waals surface area contributed by atoms with E-state index in [1.165, 1.54) is 0 Å². The summed E-state index contributed by atoms with van der Waals surface area (Å²) in [5.41, 5.74) is -0.894. The minimum atomic E-state index is -1.06. The molecule has 0 radical (unpaired) electrons. The Morgan fingerprint density at radius 1 is 1.05 bits per heavy atom. The molecule has 0 bridgehead atoms. The molecule has 1 unspecified atom stereocenters. The molecule has 2 amide bonds. The van der Waals surface area contributed by atoms with Crippen molar-refractivity contribution in [2.24, 2.45) is 5.92 Å². The highest BCUT2D eigenvalue weighted by Gasteiger charge is 2.36. The monoisotopic (exact) mass is 588 g/mol. The van der Waals surface area contributed by atoms with Crippen LogP contribution in [0.1, 0.15) is 55.8 Å².